The van der Waals surface area contributed by atoms with Gasteiger partial charge < -0.3 is 9.64 Å². The first-order valence-electron chi connectivity index (χ1n) is 5.50. The second-order valence-corrected chi connectivity index (χ2v) is 4.07. The maximum Gasteiger partial charge on any atom is 0.397 e. The Kier molecular flexibility index (Phi) is 4.69. The molecule has 0 saturated carbocycles. The lowest BCUT2D eigenvalue weighted by Crippen LogP contribution is -2.38. The summed E-state index contributed by atoms with van der Waals surface area (Å²) in [5.74, 6) is -1.43. The van der Waals surface area contributed by atoms with Gasteiger partial charge in [0.2, 0.25) is 0 Å². The number of hydrogen-bond donors (Lipinski definition) is 0. The standard InChI is InChI=1S/C13H17NO3/c1-10(2)14(3)12(15)13(16)17-9-11-7-5-4-6-8-11/h4-8,10H,9H2,1-3H3. The maximum absolute atomic E-state index is 11.6. The van der Waals surface area contributed by atoms with Crippen LogP contribution in [0, 0.1) is 0 Å². The Labute approximate surface area is 101 Å². The molecule has 1 amide bonds. The third kappa shape index (κ3) is 3.90. The molecule has 1 aromatic rings. The first kappa shape index (κ1) is 13.2. The summed E-state index contributed by atoms with van der Waals surface area (Å²) in [7, 11) is 1.58. The molecule has 1 rings (SSSR count). The molecule has 0 aliphatic heterocycles. The van der Waals surface area contributed by atoms with E-state index in [9.17, 15) is 9.59 Å². The summed E-state index contributed by atoms with van der Waals surface area (Å²) in [6.45, 7) is 3.79. The average Bonchev–Trinajstić information content (AvgIpc) is 2.35. The van der Waals surface area contributed by atoms with E-state index in [0.29, 0.717) is 0 Å². The molecular weight excluding hydrogens is 218 g/mol. The van der Waals surface area contributed by atoms with Crippen LogP contribution in [0.15, 0.2) is 30.3 Å². The van der Waals surface area contributed by atoms with Crippen molar-refractivity contribution in [1.82, 2.24) is 4.90 Å². The molecule has 0 spiro atoms. The lowest BCUT2D eigenvalue weighted by atomic mass is 10.2. The minimum absolute atomic E-state index is 0.0215. The minimum atomic E-state index is -0.815. The number of rotatable bonds is 3. The van der Waals surface area contributed by atoms with Crippen molar-refractivity contribution in [3.05, 3.63) is 35.9 Å². The van der Waals surface area contributed by atoms with E-state index in [1.54, 1.807) is 7.05 Å². The largest absolute Gasteiger partial charge is 0.454 e. The molecule has 0 unspecified atom stereocenters. The number of amides is 1. The highest BCUT2D eigenvalue weighted by Gasteiger charge is 2.21. The highest BCUT2D eigenvalue weighted by atomic mass is 16.5. The van der Waals surface area contributed by atoms with Crippen LogP contribution in [0.5, 0.6) is 0 Å². The van der Waals surface area contributed by atoms with Gasteiger partial charge >= 0.3 is 11.9 Å². The minimum Gasteiger partial charge on any atom is -0.454 e. The van der Waals surface area contributed by atoms with Crippen molar-refractivity contribution in [3.8, 4) is 0 Å². The van der Waals surface area contributed by atoms with E-state index in [1.807, 2.05) is 44.2 Å². The summed E-state index contributed by atoms with van der Waals surface area (Å²) < 4.78 is 4.93. The zero-order valence-electron chi connectivity index (χ0n) is 10.3. The summed E-state index contributed by atoms with van der Waals surface area (Å²) in [6, 6.07) is 9.24. The molecule has 4 nitrogen and oxygen atoms in total. The van der Waals surface area contributed by atoms with Crippen LogP contribution in [0.1, 0.15) is 19.4 Å². The van der Waals surface area contributed by atoms with E-state index in [0.717, 1.165) is 5.56 Å². The molecule has 0 heterocycles. The second kappa shape index (κ2) is 6.03. The average molecular weight is 235 g/mol. The number of ether oxygens (including phenoxy) is 1. The highest BCUT2D eigenvalue weighted by molar-refractivity contribution is 6.32. The lowest BCUT2D eigenvalue weighted by molar-refractivity contribution is -0.161. The Hall–Kier alpha value is -1.84. The molecule has 0 saturated heterocycles. The summed E-state index contributed by atoms with van der Waals surface area (Å²) in [6.07, 6.45) is 0. The number of esters is 1. The molecule has 0 fully saturated rings. The molecule has 4 heteroatoms. The zero-order valence-corrected chi connectivity index (χ0v) is 10.3. The number of carbonyl (C=O) groups is 2. The van der Waals surface area contributed by atoms with Crippen molar-refractivity contribution in [2.75, 3.05) is 7.05 Å². The van der Waals surface area contributed by atoms with Crippen molar-refractivity contribution in [3.63, 3.8) is 0 Å². The number of likely N-dealkylation sites (N-methyl/N-ethyl adjacent to an activating group) is 1. The molecule has 0 atom stereocenters. The lowest BCUT2D eigenvalue weighted by Gasteiger charge is -2.19. The van der Waals surface area contributed by atoms with Crippen LogP contribution >= 0.6 is 0 Å². The van der Waals surface area contributed by atoms with E-state index in [1.165, 1.54) is 4.90 Å². The SMILES string of the molecule is CC(C)N(C)C(=O)C(=O)OCc1ccccc1. The Morgan fingerprint density at radius 3 is 2.35 bits per heavy atom. The normalized spacial score (nSPS) is 10.1. The second-order valence-electron chi connectivity index (χ2n) is 4.07. The Balaban J connectivity index is 2.48. The molecule has 1 aromatic carbocycles. The number of nitrogens with zero attached hydrogens (tertiary/aromatic N) is 1. The first-order chi connectivity index (χ1) is 8.02. The van der Waals surface area contributed by atoms with Gasteiger partial charge in [0, 0.05) is 13.1 Å². The van der Waals surface area contributed by atoms with Gasteiger partial charge in [-0.15, -0.1) is 0 Å². The van der Waals surface area contributed by atoms with Gasteiger partial charge in [0.1, 0.15) is 6.61 Å². The zero-order chi connectivity index (χ0) is 12.8. The first-order valence-corrected chi connectivity index (χ1v) is 5.50. The van der Waals surface area contributed by atoms with Crippen LogP contribution < -0.4 is 0 Å². The predicted octanol–water partition coefficient (Wildman–Crippen LogP) is 1.60. The topological polar surface area (TPSA) is 46.6 Å². The van der Waals surface area contributed by atoms with Crippen LogP contribution in [0.2, 0.25) is 0 Å². The monoisotopic (exact) mass is 235 g/mol. The molecule has 17 heavy (non-hydrogen) atoms. The van der Waals surface area contributed by atoms with E-state index in [2.05, 4.69) is 0 Å². The molecule has 0 N–H and O–H groups in total. The Bertz CT molecular complexity index is 387. The fourth-order valence-corrected chi connectivity index (χ4v) is 1.16. The van der Waals surface area contributed by atoms with Crippen LogP contribution in [0.4, 0.5) is 0 Å². The summed E-state index contributed by atoms with van der Waals surface area (Å²) >= 11 is 0. The smallest absolute Gasteiger partial charge is 0.397 e. The molecular formula is C13H17NO3. The van der Waals surface area contributed by atoms with Crippen LogP contribution in [-0.2, 0) is 20.9 Å². The molecule has 92 valence electrons. The fourth-order valence-electron chi connectivity index (χ4n) is 1.16. The summed E-state index contributed by atoms with van der Waals surface area (Å²) in [5, 5.41) is 0. The van der Waals surface area contributed by atoms with E-state index in [-0.39, 0.29) is 12.6 Å². The van der Waals surface area contributed by atoms with E-state index >= 15 is 0 Å². The fraction of sp³-hybridized carbons (Fsp3) is 0.385. The van der Waals surface area contributed by atoms with Crippen molar-refractivity contribution in [2.24, 2.45) is 0 Å². The van der Waals surface area contributed by atoms with E-state index in [4.69, 9.17) is 4.74 Å². The van der Waals surface area contributed by atoms with Gasteiger partial charge in [0.15, 0.2) is 0 Å². The van der Waals surface area contributed by atoms with Gasteiger partial charge in [0.25, 0.3) is 0 Å². The van der Waals surface area contributed by atoms with Gasteiger partial charge in [0.05, 0.1) is 0 Å². The van der Waals surface area contributed by atoms with Gasteiger partial charge in [-0.1, -0.05) is 30.3 Å². The van der Waals surface area contributed by atoms with Crippen molar-refractivity contribution in [2.45, 2.75) is 26.5 Å². The van der Waals surface area contributed by atoms with Gasteiger partial charge in [-0.3, -0.25) is 4.79 Å². The molecule has 0 aromatic heterocycles. The van der Waals surface area contributed by atoms with Crippen molar-refractivity contribution in [1.29, 1.82) is 0 Å². The molecule has 0 radical (unpaired) electrons. The summed E-state index contributed by atoms with van der Waals surface area (Å²) in [5.41, 5.74) is 0.862. The van der Waals surface area contributed by atoms with Crippen LogP contribution in [0.3, 0.4) is 0 Å². The summed E-state index contributed by atoms with van der Waals surface area (Å²) in [4.78, 5) is 24.4. The van der Waals surface area contributed by atoms with E-state index < -0.39 is 11.9 Å². The highest BCUT2D eigenvalue weighted by Crippen LogP contribution is 2.02. The maximum atomic E-state index is 11.6. The Morgan fingerprint density at radius 2 is 1.82 bits per heavy atom. The third-order valence-corrected chi connectivity index (χ3v) is 2.48. The molecule has 0 aliphatic carbocycles. The van der Waals surface area contributed by atoms with Gasteiger partial charge in [-0.05, 0) is 19.4 Å². The number of benzene rings is 1. The molecule has 0 bridgehead atoms. The van der Waals surface area contributed by atoms with Crippen LogP contribution in [0.25, 0.3) is 0 Å². The number of carbonyl (C=O) groups excluding carboxylic acids is 2. The number of hydrogen-bond acceptors (Lipinski definition) is 3. The van der Waals surface area contributed by atoms with Gasteiger partial charge in [-0.25, -0.2) is 4.79 Å². The van der Waals surface area contributed by atoms with Gasteiger partial charge in [-0.2, -0.15) is 0 Å². The quantitative estimate of drug-likeness (QED) is 0.590. The third-order valence-electron chi connectivity index (χ3n) is 2.48. The van der Waals surface area contributed by atoms with Crippen LogP contribution in [-0.4, -0.2) is 29.9 Å². The Morgan fingerprint density at radius 1 is 1.24 bits per heavy atom. The predicted molar refractivity (Wildman–Crippen MR) is 64.1 cm³/mol. The van der Waals surface area contributed by atoms with Crippen molar-refractivity contribution >= 4 is 11.9 Å². The van der Waals surface area contributed by atoms with Crippen molar-refractivity contribution < 1.29 is 14.3 Å². The molecule has 0 aliphatic rings.